The van der Waals surface area contributed by atoms with Gasteiger partial charge in [-0.1, -0.05) is 18.5 Å². The minimum Gasteiger partial charge on any atom is -0.397 e. The van der Waals surface area contributed by atoms with Gasteiger partial charge in [0, 0.05) is 11.6 Å². The highest BCUT2D eigenvalue weighted by Gasteiger charge is 2.28. The van der Waals surface area contributed by atoms with Crippen molar-refractivity contribution < 1.29 is 4.79 Å². The third-order valence-corrected chi connectivity index (χ3v) is 4.14. The van der Waals surface area contributed by atoms with Gasteiger partial charge in [0.15, 0.2) is 0 Å². The number of anilines is 2. The molecule has 1 aliphatic rings. The summed E-state index contributed by atoms with van der Waals surface area (Å²) in [4.78, 5) is 14.7. The second kappa shape index (κ2) is 7.14. The third kappa shape index (κ3) is 4.61. The average Bonchev–Trinajstić information content (AvgIpc) is 3.25. The number of hydrogen-bond donors (Lipinski definition) is 2. The molecule has 1 unspecified atom stereocenters. The molecule has 21 heavy (non-hydrogen) atoms. The predicted molar refractivity (Wildman–Crippen MR) is 88.5 cm³/mol. The Morgan fingerprint density at radius 3 is 2.86 bits per heavy atom. The van der Waals surface area contributed by atoms with Gasteiger partial charge in [0.2, 0.25) is 5.91 Å². The lowest BCUT2D eigenvalue weighted by atomic mass is 10.2. The molecule has 1 saturated carbocycles. The lowest BCUT2D eigenvalue weighted by molar-refractivity contribution is -0.120. The van der Waals surface area contributed by atoms with E-state index in [0.29, 0.717) is 16.4 Å². The van der Waals surface area contributed by atoms with E-state index in [-0.39, 0.29) is 11.9 Å². The summed E-state index contributed by atoms with van der Waals surface area (Å²) in [5, 5.41) is 3.46. The van der Waals surface area contributed by atoms with Crippen LogP contribution in [0, 0.1) is 5.92 Å². The Morgan fingerprint density at radius 1 is 1.52 bits per heavy atom. The molecule has 1 aromatic carbocycles. The zero-order chi connectivity index (χ0) is 15.4. The monoisotopic (exact) mass is 309 g/mol. The second-order valence-electron chi connectivity index (χ2n) is 5.84. The number of carbonyl (C=O) groups is 1. The van der Waals surface area contributed by atoms with E-state index in [0.717, 1.165) is 25.4 Å². The topological polar surface area (TPSA) is 58.4 Å². The molecule has 0 heterocycles. The van der Waals surface area contributed by atoms with Crippen LogP contribution in [0.15, 0.2) is 18.2 Å². The fraction of sp³-hybridized carbons (Fsp3) is 0.562. The van der Waals surface area contributed by atoms with E-state index in [1.807, 2.05) is 6.92 Å². The third-order valence-electron chi connectivity index (χ3n) is 3.90. The highest BCUT2D eigenvalue weighted by atomic mass is 35.5. The Bertz CT molecular complexity index is 502. The molecule has 4 nitrogen and oxygen atoms in total. The smallest absolute Gasteiger partial charge is 0.241 e. The molecule has 1 atom stereocenters. The fourth-order valence-corrected chi connectivity index (χ4v) is 2.57. The number of nitrogens with zero attached hydrogens (tertiary/aromatic N) is 1. The number of halogens is 1. The molecule has 2 rings (SSSR count). The van der Waals surface area contributed by atoms with Crippen molar-refractivity contribution in [2.45, 2.75) is 39.2 Å². The molecular formula is C16H24ClN3O. The first-order valence-corrected chi connectivity index (χ1v) is 7.99. The Kier molecular flexibility index (Phi) is 5.48. The van der Waals surface area contributed by atoms with E-state index < -0.39 is 0 Å². The first kappa shape index (κ1) is 16.1. The summed E-state index contributed by atoms with van der Waals surface area (Å²) < 4.78 is 0. The molecule has 1 fully saturated rings. The molecule has 0 aromatic heterocycles. The van der Waals surface area contributed by atoms with Crippen LogP contribution < -0.4 is 11.1 Å². The van der Waals surface area contributed by atoms with E-state index in [4.69, 9.17) is 17.3 Å². The minimum atomic E-state index is -0.163. The summed E-state index contributed by atoms with van der Waals surface area (Å²) in [5.74, 6) is 0.737. The van der Waals surface area contributed by atoms with Gasteiger partial charge in [-0.15, -0.1) is 0 Å². The van der Waals surface area contributed by atoms with Crippen molar-refractivity contribution in [3.05, 3.63) is 23.2 Å². The molecule has 0 bridgehead atoms. The molecule has 1 amide bonds. The lowest BCUT2D eigenvalue weighted by Crippen LogP contribution is -2.43. The zero-order valence-electron chi connectivity index (χ0n) is 12.7. The van der Waals surface area contributed by atoms with Gasteiger partial charge in [-0.3, -0.25) is 9.69 Å². The average molecular weight is 310 g/mol. The molecule has 116 valence electrons. The molecule has 0 spiro atoms. The molecular weight excluding hydrogens is 286 g/mol. The number of amides is 1. The SMILES string of the molecule is CCCN(CC1CC1)C(C)C(=O)Nc1cc(Cl)ccc1N. The molecule has 1 aromatic rings. The summed E-state index contributed by atoms with van der Waals surface area (Å²) in [5.41, 5.74) is 6.99. The maximum Gasteiger partial charge on any atom is 0.241 e. The molecule has 0 saturated heterocycles. The van der Waals surface area contributed by atoms with Gasteiger partial charge < -0.3 is 11.1 Å². The number of nitrogens with one attached hydrogen (secondary N) is 1. The molecule has 0 radical (unpaired) electrons. The first-order valence-electron chi connectivity index (χ1n) is 7.61. The molecule has 3 N–H and O–H groups in total. The largest absolute Gasteiger partial charge is 0.397 e. The summed E-state index contributed by atoms with van der Waals surface area (Å²) in [6, 6.07) is 4.94. The van der Waals surface area contributed by atoms with Gasteiger partial charge >= 0.3 is 0 Å². The predicted octanol–water partition coefficient (Wildman–Crippen LogP) is 3.37. The van der Waals surface area contributed by atoms with Crippen LogP contribution >= 0.6 is 11.6 Å². The Morgan fingerprint density at radius 2 is 2.24 bits per heavy atom. The van der Waals surface area contributed by atoms with Gasteiger partial charge in [-0.25, -0.2) is 0 Å². The maximum absolute atomic E-state index is 12.4. The second-order valence-corrected chi connectivity index (χ2v) is 6.27. The summed E-state index contributed by atoms with van der Waals surface area (Å²) in [7, 11) is 0. The van der Waals surface area contributed by atoms with Crippen LogP contribution in [0.25, 0.3) is 0 Å². The first-order chi connectivity index (χ1) is 10.0. The van der Waals surface area contributed by atoms with Crippen molar-refractivity contribution in [2.75, 3.05) is 24.1 Å². The molecule has 0 aliphatic heterocycles. The number of rotatable bonds is 7. The van der Waals surface area contributed by atoms with E-state index in [1.54, 1.807) is 18.2 Å². The highest BCUT2D eigenvalue weighted by Crippen LogP contribution is 2.30. The van der Waals surface area contributed by atoms with Gasteiger partial charge in [0.1, 0.15) is 0 Å². The van der Waals surface area contributed by atoms with Crippen LogP contribution in [0.4, 0.5) is 11.4 Å². The number of hydrogen-bond acceptors (Lipinski definition) is 3. The zero-order valence-corrected chi connectivity index (χ0v) is 13.5. The van der Waals surface area contributed by atoms with Crippen molar-refractivity contribution in [3.63, 3.8) is 0 Å². The van der Waals surface area contributed by atoms with Gasteiger partial charge in [0.05, 0.1) is 17.4 Å². The van der Waals surface area contributed by atoms with Crippen LogP contribution in [0.5, 0.6) is 0 Å². The fourth-order valence-electron chi connectivity index (χ4n) is 2.40. The standard InChI is InChI=1S/C16H24ClN3O/c1-3-8-20(10-12-4-5-12)11(2)16(21)19-15-9-13(17)6-7-14(15)18/h6-7,9,11-12H,3-5,8,10,18H2,1-2H3,(H,19,21). The number of carbonyl (C=O) groups excluding carboxylic acids is 1. The van der Waals surface area contributed by atoms with Gasteiger partial charge in [-0.05, 0) is 56.8 Å². The van der Waals surface area contributed by atoms with Crippen molar-refractivity contribution >= 4 is 28.9 Å². The van der Waals surface area contributed by atoms with Crippen molar-refractivity contribution in [1.29, 1.82) is 0 Å². The van der Waals surface area contributed by atoms with Crippen LogP contribution in [-0.4, -0.2) is 29.9 Å². The normalized spacial score (nSPS) is 16.0. The van der Waals surface area contributed by atoms with Crippen LogP contribution in [-0.2, 0) is 4.79 Å². The number of nitrogen functional groups attached to an aromatic ring is 1. The van der Waals surface area contributed by atoms with E-state index in [1.165, 1.54) is 12.8 Å². The highest BCUT2D eigenvalue weighted by molar-refractivity contribution is 6.31. The summed E-state index contributed by atoms with van der Waals surface area (Å²) >= 11 is 5.95. The lowest BCUT2D eigenvalue weighted by Gasteiger charge is -2.28. The Balaban J connectivity index is 2.00. The van der Waals surface area contributed by atoms with Gasteiger partial charge in [-0.2, -0.15) is 0 Å². The number of benzene rings is 1. The van der Waals surface area contributed by atoms with Crippen LogP contribution in [0.3, 0.4) is 0 Å². The van der Waals surface area contributed by atoms with E-state index >= 15 is 0 Å². The minimum absolute atomic E-state index is 0.0296. The Labute approximate surface area is 131 Å². The van der Waals surface area contributed by atoms with E-state index in [2.05, 4.69) is 17.1 Å². The maximum atomic E-state index is 12.4. The van der Waals surface area contributed by atoms with Crippen LogP contribution in [0.1, 0.15) is 33.1 Å². The van der Waals surface area contributed by atoms with Crippen LogP contribution in [0.2, 0.25) is 5.02 Å². The number of nitrogens with two attached hydrogens (primary N) is 1. The van der Waals surface area contributed by atoms with Crippen molar-refractivity contribution in [3.8, 4) is 0 Å². The molecule has 1 aliphatic carbocycles. The van der Waals surface area contributed by atoms with Crippen molar-refractivity contribution in [1.82, 2.24) is 4.90 Å². The van der Waals surface area contributed by atoms with E-state index in [9.17, 15) is 4.79 Å². The summed E-state index contributed by atoms with van der Waals surface area (Å²) in [6.45, 7) is 6.04. The molecule has 5 heteroatoms. The summed E-state index contributed by atoms with van der Waals surface area (Å²) in [6.07, 6.45) is 3.62. The quantitative estimate of drug-likeness (QED) is 0.759. The van der Waals surface area contributed by atoms with Crippen molar-refractivity contribution in [2.24, 2.45) is 5.92 Å². The van der Waals surface area contributed by atoms with Gasteiger partial charge in [0.25, 0.3) is 0 Å². The Hall–Kier alpha value is -1.26.